The van der Waals surface area contributed by atoms with Gasteiger partial charge in [0.2, 0.25) is 0 Å². The molecule has 6 heteroatoms. The fraction of sp³-hybridized carbons (Fsp3) is 0.600. The number of anilines is 1. The van der Waals surface area contributed by atoms with Crippen molar-refractivity contribution in [2.24, 2.45) is 0 Å². The van der Waals surface area contributed by atoms with Crippen LogP contribution < -0.4 is 10.5 Å². The Hall–Kier alpha value is -0.300. The van der Waals surface area contributed by atoms with Crippen molar-refractivity contribution in [2.45, 2.75) is 25.3 Å². The van der Waals surface area contributed by atoms with Crippen LogP contribution in [-0.4, -0.2) is 28.4 Å². The first kappa shape index (κ1) is 12.2. The molecule has 0 aromatic carbocycles. The van der Waals surface area contributed by atoms with E-state index < -0.39 is 0 Å². The molecule has 1 aliphatic rings. The number of H-pyrrole nitrogens is 1. The molecule has 16 heavy (non-hydrogen) atoms. The van der Waals surface area contributed by atoms with E-state index in [0.29, 0.717) is 15.5 Å². The van der Waals surface area contributed by atoms with Gasteiger partial charge in [-0.15, -0.1) is 11.6 Å². The predicted molar refractivity (Wildman–Crippen MR) is 73.3 cm³/mol. The van der Waals surface area contributed by atoms with Crippen LogP contribution in [0.3, 0.4) is 0 Å². The van der Waals surface area contributed by atoms with Crippen LogP contribution in [0.15, 0.2) is 11.1 Å². The Morgan fingerprint density at radius 2 is 2.38 bits per heavy atom. The van der Waals surface area contributed by atoms with Crippen LogP contribution in [0, 0.1) is 3.57 Å². The predicted octanol–water partition coefficient (Wildman–Crippen LogP) is 1.97. The second-order valence-electron chi connectivity index (χ2n) is 3.84. The van der Waals surface area contributed by atoms with Crippen LogP contribution in [-0.2, 0) is 0 Å². The zero-order valence-corrected chi connectivity index (χ0v) is 11.7. The molecule has 2 rings (SSSR count). The van der Waals surface area contributed by atoms with Gasteiger partial charge in [-0.05, 0) is 41.9 Å². The third-order valence-electron chi connectivity index (χ3n) is 2.89. The van der Waals surface area contributed by atoms with E-state index in [1.54, 1.807) is 0 Å². The molecule has 88 valence electrons. The molecule has 1 saturated carbocycles. The quantitative estimate of drug-likeness (QED) is 0.665. The summed E-state index contributed by atoms with van der Waals surface area (Å²) in [5, 5.41) is 0. The fourth-order valence-corrected chi connectivity index (χ4v) is 2.61. The van der Waals surface area contributed by atoms with Gasteiger partial charge in [-0.3, -0.25) is 4.79 Å². The number of hydrogen-bond acceptors (Lipinski definition) is 3. The summed E-state index contributed by atoms with van der Waals surface area (Å²) in [7, 11) is 0. The maximum atomic E-state index is 11.5. The number of hydrogen-bond donors (Lipinski definition) is 1. The van der Waals surface area contributed by atoms with Gasteiger partial charge in [0.15, 0.2) is 0 Å². The lowest BCUT2D eigenvalue weighted by Gasteiger charge is -2.38. The van der Waals surface area contributed by atoms with Crippen LogP contribution in [0.25, 0.3) is 0 Å². The Bertz CT molecular complexity index is 419. The molecule has 0 atom stereocenters. The summed E-state index contributed by atoms with van der Waals surface area (Å²) >= 11 is 7.85. The standard InChI is InChI=1S/C10H13ClIN3O/c11-4-5-15(7-2-1-3-7)9-8(12)10(16)14-6-13-9/h6-7H,1-5H2,(H,13,14,16). The maximum absolute atomic E-state index is 11.5. The lowest BCUT2D eigenvalue weighted by Crippen LogP contribution is -2.43. The van der Waals surface area contributed by atoms with E-state index in [0.717, 1.165) is 12.4 Å². The normalized spacial score (nSPS) is 15.9. The molecule has 0 unspecified atom stereocenters. The molecule has 0 radical (unpaired) electrons. The first-order chi connectivity index (χ1) is 7.74. The van der Waals surface area contributed by atoms with E-state index >= 15 is 0 Å². The molecule has 4 nitrogen and oxygen atoms in total. The van der Waals surface area contributed by atoms with Crippen molar-refractivity contribution in [3.8, 4) is 0 Å². The zero-order chi connectivity index (χ0) is 11.5. The van der Waals surface area contributed by atoms with Gasteiger partial charge in [-0.2, -0.15) is 0 Å². The van der Waals surface area contributed by atoms with Gasteiger partial charge in [0.05, 0.1) is 6.33 Å². The summed E-state index contributed by atoms with van der Waals surface area (Å²) < 4.78 is 0.650. The molecule has 1 aromatic rings. The van der Waals surface area contributed by atoms with Gasteiger partial charge in [0, 0.05) is 18.5 Å². The number of nitrogens with zero attached hydrogens (tertiary/aromatic N) is 2. The highest BCUT2D eigenvalue weighted by Crippen LogP contribution is 2.29. The second kappa shape index (κ2) is 5.35. The van der Waals surface area contributed by atoms with E-state index in [1.807, 2.05) is 22.6 Å². The van der Waals surface area contributed by atoms with Crippen molar-refractivity contribution in [3.63, 3.8) is 0 Å². The monoisotopic (exact) mass is 353 g/mol. The van der Waals surface area contributed by atoms with Crippen molar-refractivity contribution in [2.75, 3.05) is 17.3 Å². The zero-order valence-electron chi connectivity index (χ0n) is 8.75. The molecule has 0 amide bonds. The Labute approximate surface area is 113 Å². The molecular formula is C10H13ClIN3O. The number of aromatic amines is 1. The number of nitrogens with one attached hydrogen (secondary N) is 1. The third-order valence-corrected chi connectivity index (χ3v) is 4.03. The van der Waals surface area contributed by atoms with Gasteiger partial charge in [-0.1, -0.05) is 0 Å². The molecule has 1 heterocycles. The maximum Gasteiger partial charge on any atom is 0.266 e. The summed E-state index contributed by atoms with van der Waals surface area (Å²) in [6, 6.07) is 0.501. The Morgan fingerprint density at radius 3 is 2.94 bits per heavy atom. The number of aromatic nitrogens is 2. The van der Waals surface area contributed by atoms with Gasteiger partial charge >= 0.3 is 0 Å². The van der Waals surface area contributed by atoms with Gasteiger partial charge in [-0.25, -0.2) is 4.98 Å². The van der Waals surface area contributed by atoms with Crippen LogP contribution in [0.2, 0.25) is 0 Å². The minimum absolute atomic E-state index is 0.0792. The van der Waals surface area contributed by atoms with E-state index in [9.17, 15) is 4.79 Å². The lowest BCUT2D eigenvalue weighted by molar-refractivity contribution is 0.388. The molecule has 1 aliphatic carbocycles. The smallest absolute Gasteiger partial charge is 0.266 e. The summed E-state index contributed by atoms with van der Waals surface area (Å²) in [5.74, 6) is 1.33. The van der Waals surface area contributed by atoms with Crippen molar-refractivity contribution >= 4 is 40.0 Å². The fourth-order valence-electron chi connectivity index (χ4n) is 1.82. The molecule has 0 spiro atoms. The largest absolute Gasteiger partial charge is 0.351 e. The minimum atomic E-state index is -0.0792. The summed E-state index contributed by atoms with van der Waals surface area (Å²) in [6.07, 6.45) is 5.05. The average Bonchev–Trinajstić information content (AvgIpc) is 2.19. The first-order valence-corrected chi connectivity index (χ1v) is 6.91. The minimum Gasteiger partial charge on any atom is -0.351 e. The number of rotatable bonds is 4. The Balaban J connectivity index is 2.30. The SMILES string of the molecule is O=c1[nH]cnc(N(CCCl)C2CCC2)c1I. The van der Waals surface area contributed by atoms with E-state index in [-0.39, 0.29) is 5.56 Å². The van der Waals surface area contributed by atoms with Crippen LogP contribution in [0.1, 0.15) is 19.3 Å². The highest BCUT2D eigenvalue weighted by Gasteiger charge is 2.27. The molecule has 1 N–H and O–H groups in total. The Morgan fingerprint density at radius 1 is 1.62 bits per heavy atom. The molecular weight excluding hydrogens is 340 g/mol. The van der Waals surface area contributed by atoms with Crippen molar-refractivity contribution in [3.05, 3.63) is 20.3 Å². The van der Waals surface area contributed by atoms with Crippen LogP contribution in [0.5, 0.6) is 0 Å². The first-order valence-electron chi connectivity index (χ1n) is 5.30. The number of halogens is 2. The van der Waals surface area contributed by atoms with Crippen molar-refractivity contribution in [1.29, 1.82) is 0 Å². The molecule has 1 fully saturated rings. The topological polar surface area (TPSA) is 49.0 Å². The summed E-state index contributed by atoms with van der Waals surface area (Å²) in [4.78, 5) is 20.5. The van der Waals surface area contributed by atoms with E-state index in [1.165, 1.54) is 25.6 Å². The van der Waals surface area contributed by atoms with E-state index in [2.05, 4.69) is 14.9 Å². The molecule has 0 bridgehead atoms. The molecule has 0 saturated heterocycles. The molecule has 0 aliphatic heterocycles. The highest BCUT2D eigenvalue weighted by molar-refractivity contribution is 14.1. The summed E-state index contributed by atoms with van der Waals surface area (Å²) in [5.41, 5.74) is -0.0792. The van der Waals surface area contributed by atoms with Crippen LogP contribution >= 0.6 is 34.2 Å². The Kier molecular flexibility index (Phi) is 4.07. The summed E-state index contributed by atoms with van der Waals surface area (Å²) in [6.45, 7) is 0.749. The number of alkyl halides is 1. The van der Waals surface area contributed by atoms with Gasteiger partial charge < -0.3 is 9.88 Å². The van der Waals surface area contributed by atoms with Gasteiger partial charge in [0.25, 0.3) is 5.56 Å². The van der Waals surface area contributed by atoms with Crippen molar-refractivity contribution < 1.29 is 0 Å². The van der Waals surface area contributed by atoms with Crippen molar-refractivity contribution in [1.82, 2.24) is 9.97 Å². The molecule has 1 aromatic heterocycles. The lowest BCUT2D eigenvalue weighted by atomic mass is 9.91. The van der Waals surface area contributed by atoms with Gasteiger partial charge in [0.1, 0.15) is 9.39 Å². The third kappa shape index (κ3) is 2.34. The van der Waals surface area contributed by atoms with Crippen LogP contribution in [0.4, 0.5) is 5.82 Å². The average molecular weight is 354 g/mol. The second-order valence-corrected chi connectivity index (χ2v) is 5.29. The van der Waals surface area contributed by atoms with E-state index in [4.69, 9.17) is 11.6 Å². The highest BCUT2D eigenvalue weighted by atomic mass is 127.